The molecule has 6 heteroatoms. The molecule has 2 aliphatic carbocycles. The van der Waals surface area contributed by atoms with Crippen LogP contribution in [0.5, 0.6) is 0 Å². The maximum absolute atomic E-state index is 5.55. The average molecular weight is 329 g/mol. The molecule has 0 heterocycles. The molecule has 2 saturated carbocycles. The van der Waals surface area contributed by atoms with Crippen LogP contribution in [0, 0.1) is 11.8 Å². The Morgan fingerprint density at radius 3 is 1.33 bits per heavy atom. The van der Waals surface area contributed by atoms with E-state index < -0.39 is 0 Å². The molecular weight excluding hydrogens is 300 g/mol. The SMILES string of the molecule is NC(=S)NC1CCC(CC2CCC(NC(N)=S)CC2)CC1. The van der Waals surface area contributed by atoms with Crippen molar-refractivity contribution in [3.63, 3.8) is 0 Å². The first-order valence-electron chi connectivity index (χ1n) is 8.15. The van der Waals surface area contributed by atoms with Gasteiger partial charge in [-0.15, -0.1) is 0 Å². The van der Waals surface area contributed by atoms with Gasteiger partial charge in [0.1, 0.15) is 0 Å². The highest BCUT2D eigenvalue weighted by Gasteiger charge is 2.27. The van der Waals surface area contributed by atoms with E-state index in [0.717, 1.165) is 11.8 Å². The fraction of sp³-hybridized carbons (Fsp3) is 0.867. The molecule has 0 bridgehead atoms. The average Bonchev–Trinajstić information content (AvgIpc) is 2.42. The van der Waals surface area contributed by atoms with Crippen molar-refractivity contribution >= 4 is 34.7 Å². The van der Waals surface area contributed by atoms with E-state index in [1.807, 2.05) is 0 Å². The molecule has 0 saturated heterocycles. The van der Waals surface area contributed by atoms with Gasteiger partial charge in [0.2, 0.25) is 0 Å². The molecule has 0 spiro atoms. The third-order valence-corrected chi connectivity index (χ3v) is 5.29. The van der Waals surface area contributed by atoms with Crippen LogP contribution in [0.1, 0.15) is 57.8 Å². The first kappa shape index (κ1) is 16.7. The minimum Gasteiger partial charge on any atom is -0.376 e. The summed E-state index contributed by atoms with van der Waals surface area (Å²) in [6, 6.07) is 1.01. The van der Waals surface area contributed by atoms with E-state index in [2.05, 4.69) is 10.6 Å². The predicted octanol–water partition coefficient (Wildman–Crippen LogP) is 2.16. The standard InChI is InChI=1S/C15H28N4S2/c16-14(20)18-12-5-1-10(2-6-12)9-11-3-7-13(8-4-11)19-15(17)21/h10-13H,1-9H2,(H3,16,18,20)(H3,17,19,21). The summed E-state index contributed by atoms with van der Waals surface area (Å²) in [5, 5.41) is 7.31. The Kier molecular flexibility index (Phi) is 6.48. The molecule has 2 aliphatic rings. The summed E-state index contributed by atoms with van der Waals surface area (Å²) in [4.78, 5) is 0. The monoisotopic (exact) mass is 328 g/mol. The molecular formula is C15H28N4S2. The molecule has 0 atom stereocenters. The van der Waals surface area contributed by atoms with Crippen molar-refractivity contribution in [3.05, 3.63) is 0 Å². The number of rotatable bonds is 4. The second-order valence-electron chi connectivity index (χ2n) is 6.69. The highest BCUT2D eigenvalue weighted by atomic mass is 32.1. The molecule has 0 aromatic heterocycles. The van der Waals surface area contributed by atoms with Gasteiger partial charge in [-0.25, -0.2) is 0 Å². The van der Waals surface area contributed by atoms with Crippen LogP contribution >= 0.6 is 24.4 Å². The van der Waals surface area contributed by atoms with Crippen molar-refractivity contribution in [2.45, 2.75) is 69.9 Å². The van der Waals surface area contributed by atoms with Crippen LogP contribution in [0.4, 0.5) is 0 Å². The van der Waals surface area contributed by atoms with Gasteiger partial charge in [0.15, 0.2) is 10.2 Å². The van der Waals surface area contributed by atoms with E-state index in [-0.39, 0.29) is 0 Å². The van der Waals surface area contributed by atoms with E-state index in [4.69, 9.17) is 35.9 Å². The predicted molar refractivity (Wildman–Crippen MR) is 96.0 cm³/mol. The fourth-order valence-electron chi connectivity index (χ4n) is 3.96. The Bertz CT molecular complexity index is 325. The number of nitrogens with one attached hydrogen (secondary N) is 2. The first-order valence-corrected chi connectivity index (χ1v) is 8.96. The molecule has 0 radical (unpaired) electrons. The number of nitrogens with two attached hydrogens (primary N) is 2. The molecule has 2 rings (SSSR count). The van der Waals surface area contributed by atoms with Crippen LogP contribution in [-0.4, -0.2) is 22.3 Å². The van der Waals surface area contributed by atoms with Crippen LogP contribution in [0.2, 0.25) is 0 Å². The summed E-state index contributed by atoms with van der Waals surface area (Å²) in [6.45, 7) is 0. The second-order valence-corrected chi connectivity index (χ2v) is 7.57. The normalized spacial score (nSPS) is 33.1. The summed E-state index contributed by atoms with van der Waals surface area (Å²) in [7, 11) is 0. The molecule has 0 aromatic rings. The van der Waals surface area contributed by atoms with E-state index in [1.54, 1.807) is 0 Å². The summed E-state index contributed by atoms with van der Waals surface area (Å²) in [5.41, 5.74) is 11.1. The van der Waals surface area contributed by atoms with Crippen LogP contribution < -0.4 is 22.1 Å². The molecule has 2 fully saturated rings. The fourth-order valence-corrected chi connectivity index (χ4v) is 4.29. The largest absolute Gasteiger partial charge is 0.376 e. The topological polar surface area (TPSA) is 76.1 Å². The minimum absolute atomic E-state index is 0.446. The van der Waals surface area contributed by atoms with Gasteiger partial charge in [-0.05, 0) is 94.1 Å². The van der Waals surface area contributed by atoms with Crippen LogP contribution in [0.3, 0.4) is 0 Å². The lowest BCUT2D eigenvalue weighted by molar-refractivity contribution is 0.217. The van der Waals surface area contributed by atoms with Crippen molar-refractivity contribution in [3.8, 4) is 0 Å². The lowest BCUT2D eigenvalue weighted by atomic mass is 9.76. The zero-order valence-corrected chi connectivity index (χ0v) is 14.3. The Morgan fingerprint density at radius 1 is 0.714 bits per heavy atom. The van der Waals surface area contributed by atoms with Crippen LogP contribution in [-0.2, 0) is 0 Å². The Balaban J connectivity index is 1.64. The number of thiocarbonyl (C=S) groups is 2. The number of hydrogen-bond donors (Lipinski definition) is 4. The molecule has 4 nitrogen and oxygen atoms in total. The Hall–Kier alpha value is -0.620. The summed E-state index contributed by atoms with van der Waals surface area (Å²) < 4.78 is 0. The van der Waals surface area contributed by atoms with Gasteiger partial charge in [0.05, 0.1) is 0 Å². The second kappa shape index (κ2) is 8.13. The molecule has 0 aromatic carbocycles. The molecule has 21 heavy (non-hydrogen) atoms. The molecule has 0 amide bonds. The third-order valence-electron chi connectivity index (χ3n) is 5.05. The van der Waals surface area contributed by atoms with E-state index >= 15 is 0 Å². The van der Waals surface area contributed by atoms with Gasteiger partial charge in [0.25, 0.3) is 0 Å². The van der Waals surface area contributed by atoms with Gasteiger partial charge in [-0.1, -0.05) is 0 Å². The van der Waals surface area contributed by atoms with E-state index in [0.29, 0.717) is 22.3 Å². The van der Waals surface area contributed by atoms with Crippen LogP contribution in [0.15, 0.2) is 0 Å². The maximum Gasteiger partial charge on any atom is 0.163 e. The van der Waals surface area contributed by atoms with Crippen molar-refractivity contribution in [2.24, 2.45) is 23.3 Å². The van der Waals surface area contributed by atoms with Gasteiger partial charge >= 0.3 is 0 Å². The van der Waals surface area contributed by atoms with Crippen molar-refractivity contribution in [1.29, 1.82) is 0 Å². The maximum atomic E-state index is 5.55. The van der Waals surface area contributed by atoms with Crippen LogP contribution in [0.25, 0.3) is 0 Å². The Morgan fingerprint density at radius 2 is 1.05 bits per heavy atom. The van der Waals surface area contributed by atoms with Gasteiger partial charge in [0, 0.05) is 12.1 Å². The number of hydrogen-bond acceptors (Lipinski definition) is 2. The highest BCUT2D eigenvalue weighted by Crippen LogP contribution is 2.35. The summed E-state index contributed by atoms with van der Waals surface area (Å²) in [6.07, 6.45) is 11.5. The minimum atomic E-state index is 0.446. The van der Waals surface area contributed by atoms with Crippen molar-refractivity contribution < 1.29 is 0 Å². The first-order chi connectivity index (χ1) is 10.0. The van der Waals surface area contributed by atoms with Gasteiger partial charge in [-0.2, -0.15) is 0 Å². The smallest absolute Gasteiger partial charge is 0.163 e. The van der Waals surface area contributed by atoms with E-state index in [1.165, 1.54) is 57.8 Å². The van der Waals surface area contributed by atoms with E-state index in [9.17, 15) is 0 Å². The Labute approximate surface area is 138 Å². The molecule has 120 valence electrons. The molecule has 0 unspecified atom stereocenters. The van der Waals surface area contributed by atoms with Crippen molar-refractivity contribution in [1.82, 2.24) is 10.6 Å². The molecule has 6 N–H and O–H groups in total. The summed E-state index contributed by atoms with van der Waals surface area (Å²) in [5.74, 6) is 1.78. The van der Waals surface area contributed by atoms with Gasteiger partial charge in [-0.3, -0.25) is 0 Å². The zero-order valence-electron chi connectivity index (χ0n) is 12.6. The van der Waals surface area contributed by atoms with Crippen molar-refractivity contribution in [2.75, 3.05) is 0 Å². The molecule has 0 aliphatic heterocycles. The lowest BCUT2D eigenvalue weighted by Gasteiger charge is -2.34. The quantitative estimate of drug-likeness (QED) is 0.593. The lowest BCUT2D eigenvalue weighted by Crippen LogP contribution is -2.41. The highest BCUT2D eigenvalue weighted by molar-refractivity contribution is 7.80. The zero-order chi connectivity index (χ0) is 15.2. The summed E-state index contributed by atoms with van der Waals surface area (Å²) >= 11 is 9.84. The van der Waals surface area contributed by atoms with Gasteiger partial charge < -0.3 is 22.1 Å². The third kappa shape index (κ3) is 5.94.